The van der Waals surface area contributed by atoms with Crippen LogP contribution in [0.25, 0.3) is 22.3 Å². The fourth-order valence-electron chi connectivity index (χ4n) is 3.26. The third-order valence-corrected chi connectivity index (χ3v) is 4.88. The summed E-state index contributed by atoms with van der Waals surface area (Å²) in [6.45, 7) is 0.434. The molecule has 0 radical (unpaired) electrons. The zero-order chi connectivity index (χ0) is 22.2. The van der Waals surface area contributed by atoms with Crippen LogP contribution in [0.15, 0.2) is 51.7 Å². The standard InChI is InChI=1S/C23H25NO7/c25-16-9-7-15(8-10-16)20-14-19(27)23-18(26)12-17(13-21(23)31-20)30-11-5-3-1-2-4-6-22(28)24-29/h7-10,12-14,25-26,29H,1-6,11H2,(H,24,28). The number of rotatable bonds is 10. The minimum Gasteiger partial charge on any atom is -0.508 e. The summed E-state index contributed by atoms with van der Waals surface area (Å²) in [6, 6.07) is 10.5. The second kappa shape index (κ2) is 10.5. The Morgan fingerprint density at radius 3 is 2.42 bits per heavy atom. The van der Waals surface area contributed by atoms with Gasteiger partial charge in [-0.2, -0.15) is 0 Å². The first-order valence-electron chi connectivity index (χ1n) is 10.1. The molecule has 0 aliphatic rings. The number of hydroxylamine groups is 1. The second-order valence-corrected chi connectivity index (χ2v) is 7.24. The minimum absolute atomic E-state index is 0.0850. The minimum atomic E-state index is -0.375. The second-order valence-electron chi connectivity index (χ2n) is 7.24. The highest BCUT2D eigenvalue weighted by Crippen LogP contribution is 2.31. The maximum atomic E-state index is 12.5. The molecule has 31 heavy (non-hydrogen) atoms. The van der Waals surface area contributed by atoms with Crippen molar-refractivity contribution in [1.82, 2.24) is 5.48 Å². The zero-order valence-corrected chi connectivity index (χ0v) is 17.0. The van der Waals surface area contributed by atoms with E-state index in [9.17, 15) is 19.8 Å². The predicted molar refractivity (Wildman–Crippen MR) is 114 cm³/mol. The third-order valence-electron chi connectivity index (χ3n) is 4.88. The SMILES string of the molecule is O=C(CCCCCCCOc1cc(O)c2c(=O)cc(-c3ccc(O)cc3)oc2c1)NO. The molecule has 4 N–H and O–H groups in total. The number of hydrogen-bond donors (Lipinski definition) is 4. The van der Waals surface area contributed by atoms with E-state index in [1.54, 1.807) is 23.7 Å². The molecular weight excluding hydrogens is 402 g/mol. The summed E-state index contributed by atoms with van der Waals surface area (Å²) in [5.74, 6) is 0.246. The normalized spacial score (nSPS) is 10.9. The van der Waals surface area contributed by atoms with Crippen molar-refractivity contribution < 1.29 is 29.4 Å². The number of unbranched alkanes of at least 4 members (excludes halogenated alkanes) is 4. The Kier molecular flexibility index (Phi) is 7.50. The average Bonchev–Trinajstić information content (AvgIpc) is 2.75. The fraction of sp³-hybridized carbons (Fsp3) is 0.304. The summed E-state index contributed by atoms with van der Waals surface area (Å²) in [4.78, 5) is 23.4. The van der Waals surface area contributed by atoms with E-state index < -0.39 is 0 Å². The maximum absolute atomic E-state index is 12.5. The van der Waals surface area contributed by atoms with Crippen LogP contribution in [-0.2, 0) is 4.79 Å². The van der Waals surface area contributed by atoms with Crippen LogP contribution in [0.2, 0.25) is 0 Å². The van der Waals surface area contributed by atoms with Crippen LogP contribution in [0.3, 0.4) is 0 Å². The van der Waals surface area contributed by atoms with E-state index in [0.29, 0.717) is 36.5 Å². The molecule has 0 spiro atoms. The third kappa shape index (κ3) is 5.99. The summed E-state index contributed by atoms with van der Waals surface area (Å²) in [5.41, 5.74) is 2.08. The van der Waals surface area contributed by atoms with Crippen LogP contribution in [0, 0.1) is 0 Å². The van der Waals surface area contributed by atoms with E-state index in [0.717, 1.165) is 25.7 Å². The molecule has 0 saturated carbocycles. The van der Waals surface area contributed by atoms with Crippen molar-refractivity contribution in [2.75, 3.05) is 6.61 Å². The number of ether oxygens (including phenoxy) is 1. The molecule has 1 aromatic heterocycles. The molecule has 8 nitrogen and oxygen atoms in total. The van der Waals surface area contributed by atoms with E-state index >= 15 is 0 Å². The highest BCUT2D eigenvalue weighted by Gasteiger charge is 2.13. The Morgan fingerprint density at radius 2 is 1.68 bits per heavy atom. The maximum Gasteiger partial charge on any atom is 0.243 e. The van der Waals surface area contributed by atoms with Crippen molar-refractivity contribution in [2.24, 2.45) is 0 Å². The summed E-state index contributed by atoms with van der Waals surface area (Å²) in [6.07, 6.45) is 4.56. The highest BCUT2D eigenvalue weighted by molar-refractivity contribution is 5.86. The lowest BCUT2D eigenvalue weighted by Crippen LogP contribution is -2.17. The van der Waals surface area contributed by atoms with Gasteiger partial charge in [0.15, 0.2) is 5.43 Å². The van der Waals surface area contributed by atoms with Crippen LogP contribution in [0.4, 0.5) is 0 Å². The lowest BCUT2D eigenvalue weighted by atomic mass is 10.1. The molecule has 0 aliphatic heterocycles. The van der Waals surface area contributed by atoms with Gasteiger partial charge in [0.05, 0.1) is 6.61 Å². The van der Waals surface area contributed by atoms with Crippen molar-refractivity contribution in [3.63, 3.8) is 0 Å². The van der Waals surface area contributed by atoms with E-state index in [-0.39, 0.29) is 33.8 Å². The van der Waals surface area contributed by atoms with Crippen LogP contribution in [0.5, 0.6) is 17.2 Å². The molecule has 1 heterocycles. The summed E-state index contributed by atoms with van der Waals surface area (Å²) in [5, 5.41) is 28.2. The number of phenols is 2. The topological polar surface area (TPSA) is 129 Å². The molecule has 0 aliphatic carbocycles. The van der Waals surface area contributed by atoms with Gasteiger partial charge in [-0.25, -0.2) is 5.48 Å². The van der Waals surface area contributed by atoms with Gasteiger partial charge in [0.2, 0.25) is 5.91 Å². The first kappa shape index (κ1) is 22.2. The number of hydrogen-bond acceptors (Lipinski definition) is 7. The molecule has 0 saturated heterocycles. The lowest BCUT2D eigenvalue weighted by molar-refractivity contribution is -0.129. The predicted octanol–water partition coefficient (Wildman–Crippen LogP) is 4.10. The first-order valence-corrected chi connectivity index (χ1v) is 10.1. The van der Waals surface area contributed by atoms with Gasteiger partial charge in [0.25, 0.3) is 0 Å². The smallest absolute Gasteiger partial charge is 0.243 e. The van der Waals surface area contributed by atoms with Gasteiger partial charge in [-0.05, 0) is 37.1 Å². The highest BCUT2D eigenvalue weighted by atomic mass is 16.5. The molecule has 0 atom stereocenters. The van der Waals surface area contributed by atoms with Gasteiger partial charge in [0, 0.05) is 30.2 Å². The van der Waals surface area contributed by atoms with Crippen molar-refractivity contribution in [2.45, 2.75) is 38.5 Å². The number of fused-ring (bicyclic) bond motifs is 1. The molecular formula is C23H25NO7. The molecule has 8 heteroatoms. The van der Waals surface area contributed by atoms with Crippen molar-refractivity contribution in [1.29, 1.82) is 0 Å². The van der Waals surface area contributed by atoms with Crippen LogP contribution >= 0.6 is 0 Å². The molecule has 2 aromatic carbocycles. The summed E-state index contributed by atoms with van der Waals surface area (Å²) < 4.78 is 11.5. The number of aromatic hydroxyl groups is 2. The number of carbonyl (C=O) groups excluding carboxylic acids is 1. The Hall–Kier alpha value is -3.52. The molecule has 3 aromatic rings. The average molecular weight is 427 g/mol. The number of benzene rings is 2. The van der Waals surface area contributed by atoms with E-state index in [2.05, 4.69) is 0 Å². The van der Waals surface area contributed by atoms with Gasteiger partial charge in [0.1, 0.15) is 34.0 Å². The molecule has 0 fully saturated rings. The largest absolute Gasteiger partial charge is 0.508 e. The quantitative estimate of drug-likeness (QED) is 0.218. The molecule has 0 bridgehead atoms. The Labute approximate surface area is 178 Å². The molecule has 0 unspecified atom stereocenters. The zero-order valence-electron chi connectivity index (χ0n) is 17.0. The van der Waals surface area contributed by atoms with Crippen LogP contribution in [-0.4, -0.2) is 27.9 Å². The van der Waals surface area contributed by atoms with Crippen molar-refractivity contribution >= 4 is 16.9 Å². The van der Waals surface area contributed by atoms with Gasteiger partial charge >= 0.3 is 0 Å². The van der Waals surface area contributed by atoms with Gasteiger partial charge < -0.3 is 19.4 Å². The Bertz CT molecular complexity index is 1090. The van der Waals surface area contributed by atoms with Crippen LogP contribution in [0.1, 0.15) is 38.5 Å². The fourth-order valence-corrected chi connectivity index (χ4v) is 3.26. The van der Waals surface area contributed by atoms with Crippen LogP contribution < -0.4 is 15.6 Å². The van der Waals surface area contributed by atoms with Crippen molar-refractivity contribution in [3.8, 4) is 28.6 Å². The van der Waals surface area contributed by atoms with Gasteiger partial charge in [-0.3, -0.25) is 14.8 Å². The lowest BCUT2D eigenvalue weighted by Gasteiger charge is -2.09. The van der Waals surface area contributed by atoms with E-state index in [1.807, 2.05) is 0 Å². The van der Waals surface area contributed by atoms with Crippen molar-refractivity contribution in [3.05, 3.63) is 52.7 Å². The monoisotopic (exact) mass is 427 g/mol. The Morgan fingerprint density at radius 1 is 0.968 bits per heavy atom. The summed E-state index contributed by atoms with van der Waals surface area (Å²) in [7, 11) is 0. The van der Waals surface area contributed by atoms with Gasteiger partial charge in [-0.15, -0.1) is 0 Å². The number of nitrogens with one attached hydrogen (secondary N) is 1. The number of phenolic OH excluding ortho intramolecular Hbond substituents is 2. The number of carbonyl (C=O) groups is 1. The molecule has 164 valence electrons. The van der Waals surface area contributed by atoms with E-state index in [4.69, 9.17) is 14.4 Å². The molecule has 3 rings (SSSR count). The molecule has 1 amide bonds. The number of amides is 1. The Balaban J connectivity index is 1.61. The van der Waals surface area contributed by atoms with Gasteiger partial charge in [-0.1, -0.05) is 19.3 Å². The summed E-state index contributed by atoms with van der Waals surface area (Å²) >= 11 is 0. The van der Waals surface area contributed by atoms with E-state index in [1.165, 1.54) is 24.3 Å². The first-order chi connectivity index (χ1) is 15.0.